The summed E-state index contributed by atoms with van der Waals surface area (Å²) in [6, 6.07) is 2.39. The Morgan fingerprint density at radius 1 is 1.43 bits per heavy atom. The molecule has 0 saturated carbocycles. The average Bonchev–Trinajstić information content (AvgIpc) is 2.58. The number of methoxy groups -OCH3 is 1. The molecule has 1 heterocycles. The maximum absolute atomic E-state index is 12.1. The Labute approximate surface area is 131 Å². The number of hydrogen-bond donors (Lipinski definition) is 0. The van der Waals surface area contributed by atoms with Crippen LogP contribution in [0.3, 0.4) is 0 Å². The summed E-state index contributed by atoms with van der Waals surface area (Å²) in [5, 5.41) is -0.880. The molecule has 0 N–H and O–H groups in total. The molecule has 1 aromatic rings. The third kappa shape index (κ3) is 2.73. The first kappa shape index (κ1) is 16.1. The van der Waals surface area contributed by atoms with Crippen LogP contribution < -0.4 is 9.04 Å². The van der Waals surface area contributed by atoms with E-state index in [-0.39, 0.29) is 27.8 Å². The molecular weight excluding hydrogens is 341 g/mol. The zero-order chi connectivity index (χ0) is 15.9. The van der Waals surface area contributed by atoms with Gasteiger partial charge in [0.05, 0.1) is 35.1 Å². The molecule has 1 aliphatic heterocycles. The zero-order valence-electron chi connectivity index (χ0n) is 11.1. The lowest BCUT2D eigenvalue weighted by atomic mass is 10.1. The van der Waals surface area contributed by atoms with E-state index in [0.29, 0.717) is 4.31 Å². The normalized spacial score (nSPS) is 20.7. The van der Waals surface area contributed by atoms with E-state index in [1.54, 1.807) is 0 Å². The van der Waals surface area contributed by atoms with Crippen LogP contribution in [0, 0.1) is 5.92 Å². The Morgan fingerprint density at radius 2 is 2.05 bits per heavy atom. The van der Waals surface area contributed by atoms with Crippen molar-refractivity contribution in [3.63, 3.8) is 0 Å². The molecular formula is C12H11Cl2NO5S. The molecule has 0 spiro atoms. The SMILES string of the molecule is COc1cc(N2C(=O)C(C)CS2(=O)=O)c(Cl)cc1C(=O)Cl. The number of nitrogens with zero attached hydrogens (tertiary/aromatic N) is 1. The van der Waals surface area contributed by atoms with E-state index in [0.717, 1.165) is 0 Å². The van der Waals surface area contributed by atoms with Gasteiger partial charge in [-0.15, -0.1) is 0 Å². The van der Waals surface area contributed by atoms with Crippen LogP contribution in [0.2, 0.25) is 5.02 Å². The van der Waals surface area contributed by atoms with Crippen LogP contribution in [-0.2, 0) is 14.8 Å². The van der Waals surface area contributed by atoms with E-state index >= 15 is 0 Å². The average molecular weight is 352 g/mol. The first-order valence-corrected chi connectivity index (χ1v) is 8.19. The van der Waals surface area contributed by atoms with E-state index in [1.807, 2.05) is 0 Å². The number of anilines is 1. The Hall–Kier alpha value is -1.31. The van der Waals surface area contributed by atoms with Gasteiger partial charge in [-0.3, -0.25) is 9.59 Å². The Balaban J connectivity index is 2.65. The Morgan fingerprint density at radius 3 is 2.48 bits per heavy atom. The Kier molecular flexibility index (Phi) is 4.19. The summed E-state index contributed by atoms with van der Waals surface area (Å²) in [5.41, 5.74) is -0.0606. The van der Waals surface area contributed by atoms with Gasteiger partial charge >= 0.3 is 0 Å². The van der Waals surface area contributed by atoms with Gasteiger partial charge in [0, 0.05) is 6.07 Å². The van der Waals surface area contributed by atoms with E-state index in [2.05, 4.69) is 0 Å². The maximum Gasteiger partial charge on any atom is 0.256 e. The topological polar surface area (TPSA) is 80.8 Å². The quantitative estimate of drug-likeness (QED) is 0.778. The smallest absolute Gasteiger partial charge is 0.256 e. The molecule has 1 aliphatic rings. The van der Waals surface area contributed by atoms with Crippen LogP contribution in [0.4, 0.5) is 5.69 Å². The number of ether oxygens (including phenoxy) is 1. The fourth-order valence-corrected chi connectivity index (χ4v) is 4.36. The lowest BCUT2D eigenvalue weighted by Gasteiger charge is -2.18. The molecule has 0 aliphatic carbocycles. The summed E-state index contributed by atoms with van der Waals surface area (Å²) < 4.78 is 29.8. The largest absolute Gasteiger partial charge is 0.496 e. The summed E-state index contributed by atoms with van der Waals surface area (Å²) in [6.45, 7) is 1.52. The second-order valence-corrected chi connectivity index (χ2v) is 7.17. The maximum atomic E-state index is 12.1. The minimum absolute atomic E-state index is 0.00925. The third-order valence-corrected chi connectivity index (χ3v) is 5.42. The molecule has 1 saturated heterocycles. The molecule has 1 atom stereocenters. The summed E-state index contributed by atoms with van der Waals surface area (Å²) >= 11 is 11.4. The van der Waals surface area contributed by atoms with Gasteiger partial charge in [-0.1, -0.05) is 18.5 Å². The number of rotatable bonds is 3. The monoisotopic (exact) mass is 351 g/mol. The van der Waals surface area contributed by atoms with Crippen molar-refractivity contribution in [3.8, 4) is 5.75 Å². The first-order valence-electron chi connectivity index (χ1n) is 5.83. The van der Waals surface area contributed by atoms with Crippen LogP contribution in [0.1, 0.15) is 17.3 Å². The first-order chi connectivity index (χ1) is 9.69. The molecule has 1 fully saturated rings. The highest BCUT2D eigenvalue weighted by atomic mass is 35.5. The summed E-state index contributed by atoms with van der Waals surface area (Å²) in [6.07, 6.45) is 0. The number of carbonyl (C=O) groups excluding carboxylic acids is 2. The van der Waals surface area contributed by atoms with Crippen molar-refractivity contribution in [1.82, 2.24) is 0 Å². The second-order valence-electron chi connectivity index (χ2n) is 4.56. The number of carbonyl (C=O) groups is 2. The van der Waals surface area contributed by atoms with Gasteiger partial charge in [-0.2, -0.15) is 0 Å². The molecule has 1 amide bonds. The standard InChI is InChI=1S/C12H11Cl2NO5S/c1-6-5-21(18,19)15(12(6)17)9-4-10(20-2)7(11(14)16)3-8(9)13/h3-4,6H,5H2,1-2H3. The number of sulfonamides is 1. The molecule has 114 valence electrons. The fourth-order valence-electron chi connectivity index (χ4n) is 2.09. The van der Waals surface area contributed by atoms with Crippen molar-refractivity contribution in [3.05, 3.63) is 22.7 Å². The van der Waals surface area contributed by atoms with Gasteiger partial charge in [0.15, 0.2) is 0 Å². The highest BCUT2D eigenvalue weighted by Gasteiger charge is 2.43. The molecule has 1 aromatic carbocycles. The molecule has 1 unspecified atom stereocenters. The van der Waals surface area contributed by atoms with Gasteiger partial charge in [-0.05, 0) is 17.7 Å². The van der Waals surface area contributed by atoms with E-state index in [9.17, 15) is 18.0 Å². The van der Waals surface area contributed by atoms with Crippen molar-refractivity contribution >= 4 is 50.1 Å². The fraction of sp³-hybridized carbons (Fsp3) is 0.333. The van der Waals surface area contributed by atoms with E-state index in [4.69, 9.17) is 27.9 Å². The van der Waals surface area contributed by atoms with Crippen LogP contribution in [0.25, 0.3) is 0 Å². The summed E-state index contributed by atoms with van der Waals surface area (Å²) in [7, 11) is -2.50. The minimum atomic E-state index is -3.79. The number of halogens is 2. The predicted molar refractivity (Wildman–Crippen MR) is 78.6 cm³/mol. The van der Waals surface area contributed by atoms with E-state index in [1.165, 1.54) is 26.2 Å². The molecule has 9 heteroatoms. The van der Waals surface area contributed by atoms with Gasteiger partial charge in [-0.25, -0.2) is 12.7 Å². The summed E-state index contributed by atoms with van der Waals surface area (Å²) in [4.78, 5) is 23.3. The minimum Gasteiger partial charge on any atom is -0.496 e. The number of benzene rings is 1. The highest BCUT2D eigenvalue weighted by Crippen LogP contribution is 2.38. The van der Waals surface area contributed by atoms with Crippen molar-refractivity contribution in [2.75, 3.05) is 17.2 Å². The van der Waals surface area contributed by atoms with Crippen LogP contribution >= 0.6 is 23.2 Å². The van der Waals surface area contributed by atoms with Gasteiger partial charge in [0.2, 0.25) is 15.9 Å². The van der Waals surface area contributed by atoms with E-state index < -0.39 is 27.1 Å². The van der Waals surface area contributed by atoms with Gasteiger partial charge in [0.25, 0.3) is 5.24 Å². The van der Waals surface area contributed by atoms with Crippen molar-refractivity contribution in [2.45, 2.75) is 6.92 Å². The highest BCUT2D eigenvalue weighted by molar-refractivity contribution is 7.94. The lowest BCUT2D eigenvalue weighted by molar-refractivity contribution is -0.119. The third-order valence-electron chi connectivity index (χ3n) is 3.06. The van der Waals surface area contributed by atoms with Crippen LogP contribution in [0.5, 0.6) is 5.75 Å². The predicted octanol–water partition coefficient (Wildman–Crippen LogP) is 2.04. The molecule has 21 heavy (non-hydrogen) atoms. The van der Waals surface area contributed by atoms with Crippen molar-refractivity contribution in [2.24, 2.45) is 5.92 Å². The number of amides is 1. The van der Waals surface area contributed by atoms with Crippen molar-refractivity contribution in [1.29, 1.82) is 0 Å². The van der Waals surface area contributed by atoms with Crippen LogP contribution in [0.15, 0.2) is 12.1 Å². The van der Waals surface area contributed by atoms with Gasteiger partial charge in [0.1, 0.15) is 5.75 Å². The molecule has 0 radical (unpaired) electrons. The molecule has 6 nitrogen and oxygen atoms in total. The van der Waals surface area contributed by atoms with Crippen molar-refractivity contribution < 1.29 is 22.7 Å². The van der Waals surface area contributed by atoms with Gasteiger partial charge < -0.3 is 4.74 Å². The second kappa shape index (κ2) is 5.47. The summed E-state index contributed by atoms with van der Waals surface area (Å²) in [5.74, 6) is -1.49. The lowest BCUT2D eigenvalue weighted by Crippen LogP contribution is -2.30. The number of hydrogen-bond acceptors (Lipinski definition) is 5. The zero-order valence-corrected chi connectivity index (χ0v) is 13.4. The van der Waals surface area contributed by atoms with Crippen LogP contribution in [-0.4, -0.2) is 32.4 Å². The molecule has 0 bridgehead atoms. The Bertz CT molecular complexity index is 731. The molecule has 0 aromatic heterocycles. The molecule has 2 rings (SSSR count).